The lowest BCUT2D eigenvalue weighted by Gasteiger charge is -2.12. The fourth-order valence-electron chi connectivity index (χ4n) is 1.64. The van der Waals surface area contributed by atoms with Gasteiger partial charge in [-0.3, -0.25) is 13.9 Å². The average molecular weight is 261 g/mol. The molecule has 1 rings (SSSR count). The minimum atomic E-state index is -4.08. The standard InChI is InChI=1S/C10H15NO5S/c1-3-11-9(12)6-7(2)8(10(11)13)4-5-17(14,15)16/h6,13H,3-5H2,1-2H3,(H,14,15,16). The van der Waals surface area contributed by atoms with Crippen molar-refractivity contribution in [3.8, 4) is 5.88 Å². The van der Waals surface area contributed by atoms with E-state index in [-0.39, 0.29) is 17.9 Å². The van der Waals surface area contributed by atoms with Crippen molar-refractivity contribution >= 4 is 10.1 Å². The molecule has 0 fully saturated rings. The first-order chi connectivity index (χ1) is 7.76. The zero-order valence-electron chi connectivity index (χ0n) is 9.67. The Labute approximate surface area is 99.3 Å². The molecule has 96 valence electrons. The highest BCUT2D eigenvalue weighted by Crippen LogP contribution is 2.19. The van der Waals surface area contributed by atoms with E-state index in [1.165, 1.54) is 6.07 Å². The normalized spacial score (nSPS) is 11.7. The molecule has 2 N–H and O–H groups in total. The lowest BCUT2D eigenvalue weighted by molar-refractivity contribution is 0.404. The minimum Gasteiger partial charge on any atom is -0.494 e. The second-order valence-corrected chi connectivity index (χ2v) is 5.32. The van der Waals surface area contributed by atoms with E-state index in [4.69, 9.17) is 4.55 Å². The third kappa shape index (κ3) is 3.31. The molecule has 1 aromatic rings. The second kappa shape index (κ2) is 4.89. The van der Waals surface area contributed by atoms with Crippen molar-refractivity contribution in [3.63, 3.8) is 0 Å². The SMILES string of the molecule is CCn1c(O)c(CCS(=O)(=O)O)c(C)cc1=O. The number of hydrogen-bond acceptors (Lipinski definition) is 4. The fourth-order valence-corrected chi connectivity index (χ4v) is 2.10. The third-order valence-electron chi connectivity index (χ3n) is 2.53. The van der Waals surface area contributed by atoms with Crippen LogP contribution in [0.1, 0.15) is 18.1 Å². The second-order valence-electron chi connectivity index (χ2n) is 3.75. The molecule has 0 aliphatic rings. The van der Waals surface area contributed by atoms with Crippen LogP contribution < -0.4 is 5.56 Å². The molecule has 0 radical (unpaired) electrons. The maximum Gasteiger partial charge on any atom is 0.265 e. The molecule has 0 aliphatic heterocycles. The quantitative estimate of drug-likeness (QED) is 0.760. The Hall–Kier alpha value is -1.34. The van der Waals surface area contributed by atoms with E-state index in [1.54, 1.807) is 13.8 Å². The summed E-state index contributed by atoms with van der Waals surface area (Å²) in [6.45, 7) is 3.60. The van der Waals surface area contributed by atoms with Crippen LogP contribution in [0, 0.1) is 6.92 Å². The number of aryl methyl sites for hydroxylation is 1. The average Bonchev–Trinajstić information content (AvgIpc) is 2.15. The van der Waals surface area contributed by atoms with Crippen molar-refractivity contribution in [3.05, 3.63) is 27.5 Å². The summed E-state index contributed by atoms with van der Waals surface area (Å²) < 4.78 is 31.1. The lowest BCUT2D eigenvalue weighted by Crippen LogP contribution is -2.21. The molecule has 0 bridgehead atoms. The fraction of sp³-hybridized carbons (Fsp3) is 0.500. The van der Waals surface area contributed by atoms with Crippen LogP contribution in [0.25, 0.3) is 0 Å². The smallest absolute Gasteiger partial charge is 0.265 e. The summed E-state index contributed by atoms with van der Waals surface area (Å²) in [6.07, 6.45) is -0.0310. The molecule has 17 heavy (non-hydrogen) atoms. The van der Waals surface area contributed by atoms with Gasteiger partial charge in [-0.25, -0.2) is 0 Å². The van der Waals surface area contributed by atoms with E-state index in [9.17, 15) is 18.3 Å². The Morgan fingerprint density at radius 2 is 2.00 bits per heavy atom. The predicted octanol–water partition coefficient (Wildman–Crippen LogP) is 0.313. The van der Waals surface area contributed by atoms with Crippen molar-refractivity contribution in [1.29, 1.82) is 0 Å². The summed E-state index contributed by atoms with van der Waals surface area (Å²) in [5, 5.41) is 9.83. The van der Waals surface area contributed by atoms with Crippen molar-refractivity contribution in [2.45, 2.75) is 26.8 Å². The summed E-state index contributed by atoms with van der Waals surface area (Å²) in [4.78, 5) is 11.5. The first-order valence-corrected chi connectivity index (χ1v) is 6.74. The van der Waals surface area contributed by atoms with Gasteiger partial charge >= 0.3 is 0 Å². The van der Waals surface area contributed by atoms with E-state index < -0.39 is 15.9 Å². The van der Waals surface area contributed by atoms with Crippen molar-refractivity contribution in [2.24, 2.45) is 0 Å². The molecule has 6 nitrogen and oxygen atoms in total. The van der Waals surface area contributed by atoms with Gasteiger partial charge in [0.25, 0.3) is 15.7 Å². The Morgan fingerprint density at radius 3 is 2.47 bits per heavy atom. The highest BCUT2D eigenvalue weighted by Gasteiger charge is 2.14. The van der Waals surface area contributed by atoms with Gasteiger partial charge in [-0.15, -0.1) is 0 Å². The van der Waals surface area contributed by atoms with E-state index in [2.05, 4.69) is 0 Å². The Morgan fingerprint density at radius 1 is 1.41 bits per heavy atom. The molecule has 0 aliphatic carbocycles. The largest absolute Gasteiger partial charge is 0.494 e. The molecule has 1 aromatic heterocycles. The zero-order chi connectivity index (χ0) is 13.2. The van der Waals surface area contributed by atoms with Gasteiger partial charge < -0.3 is 5.11 Å². The van der Waals surface area contributed by atoms with Crippen molar-refractivity contribution in [1.82, 2.24) is 4.57 Å². The van der Waals surface area contributed by atoms with Gasteiger partial charge in [0.1, 0.15) is 0 Å². The van der Waals surface area contributed by atoms with Crippen LogP contribution in [-0.4, -0.2) is 28.4 Å². The highest BCUT2D eigenvalue weighted by atomic mass is 32.2. The van der Waals surface area contributed by atoms with Crippen LogP contribution in [-0.2, 0) is 23.1 Å². The molecule has 0 unspecified atom stereocenters. The number of hydrogen-bond donors (Lipinski definition) is 2. The number of rotatable bonds is 4. The predicted molar refractivity (Wildman–Crippen MR) is 62.9 cm³/mol. The van der Waals surface area contributed by atoms with Crippen LogP contribution >= 0.6 is 0 Å². The number of pyridine rings is 1. The molecule has 0 amide bonds. The molecule has 0 spiro atoms. The minimum absolute atomic E-state index is 0.0310. The number of aromatic nitrogens is 1. The van der Waals surface area contributed by atoms with E-state index in [1.807, 2.05) is 0 Å². The topological polar surface area (TPSA) is 96.6 Å². The number of nitrogens with zero attached hydrogens (tertiary/aromatic N) is 1. The molecule has 7 heteroatoms. The first-order valence-electron chi connectivity index (χ1n) is 5.13. The third-order valence-corrected chi connectivity index (χ3v) is 3.25. The van der Waals surface area contributed by atoms with Gasteiger partial charge in [-0.05, 0) is 25.8 Å². The Bertz CT molecular complexity index is 573. The summed E-state index contributed by atoms with van der Waals surface area (Å²) >= 11 is 0. The Balaban J connectivity index is 3.20. The zero-order valence-corrected chi connectivity index (χ0v) is 10.5. The highest BCUT2D eigenvalue weighted by molar-refractivity contribution is 7.85. The van der Waals surface area contributed by atoms with E-state index >= 15 is 0 Å². The van der Waals surface area contributed by atoms with Crippen LogP contribution in [0.2, 0.25) is 0 Å². The van der Waals surface area contributed by atoms with Gasteiger partial charge in [0.15, 0.2) is 5.88 Å². The van der Waals surface area contributed by atoms with Gasteiger partial charge in [0.05, 0.1) is 5.75 Å². The van der Waals surface area contributed by atoms with E-state index in [0.29, 0.717) is 17.7 Å². The van der Waals surface area contributed by atoms with Crippen molar-refractivity contribution in [2.75, 3.05) is 5.75 Å². The Kier molecular flexibility index (Phi) is 3.94. The summed E-state index contributed by atoms with van der Waals surface area (Å²) in [7, 11) is -4.08. The molecular formula is C10H15NO5S. The van der Waals surface area contributed by atoms with Crippen LogP contribution in [0.15, 0.2) is 10.9 Å². The summed E-state index contributed by atoms with van der Waals surface area (Å²) in [5.74, 6) is -0.718. The molecule has 0 atom stereocenters. The van der Waals surface area contributed by atoms with Crippen LogP contribution in [0.4, 0.5) is 0 Å². The van der Waals surface area contributed by atoms with Crippen LogP contribution in [0.3, 0.4) is 0 Å². The maximum atomic E-state index is 11.5. The molecule has 0 saturated carbocycles. The monoisotopic (exact) mass is 261 g/mol. The van der Waals surface area contributed by atoms with Gasteiger partial charge in [0, 0.05) is 18.2 Å². The van der Waals surface area contributed by atoms with Crippen LogP contribution in [0.5, 0.6) is 5.88 Å². The summed E-state index contributed by atoms with van der Waals surface area (Å²) in [6, 6.07) is 1.34. The molecular weight excluding hydrogens is 246 g/mol. The lowest BCUT2D eigenvalue weighted by atomic mass is 10.1. The summed E-state index contributed by atoms with van der Waals surface area (Å²) in [5.41, 5.74) is 0.544. The van der Waals surface area contributed by atoms with Gasteiger partial charge in [-0.1, -0.05) is 0 Å². The van der Waals surface area contributed by atoms with Gasteiger partial charge in [0.2, 0.25) is 0 Å². The van der Waals surface area contributed by atoms with Gasteiger partial charge in [-0.2, -0.15) is 8.42 Å². The van der Waals surface area contributed by atoms with E-state index in [0.717, 1.165) is 4.57 Å². The maximum absolute atomic E-state index is 11.5. The van der Waals surface area contributed by atoms with Crippen molar-refractivity contribution < 1.29 is 18.1 Å². The molecule has 1 heterocycles. The first kappa shape index (κ1) is 13.7. The molecule has 0 saturated heterocycles. The molecule has 0 aromatic carbocycles. The number of aromatic hydroxyl groups is 1.